The summed E-state index contributed by atoms with van der Waals surface area (Å²) in [6.07, 6.45) is 5.13. The molecule has 0 aliphatic heterocycles. The fraction of sp³-hybridized carbons (Fsp3) is 0.700. The van der Waals surface area contributed by atoms with Crippen LogP contribution in [0.1, 0.15) is 57.9 Å². The molecule has 1 N–H and O–H groups in total. The van der Waals surface area contributed by atoms with Crippen LogP contribution in [-0.2, 0) is 0 Å². The highest BCUT2D eigenvalue weighted by molar-refractivity contribution is 5.28. The maximum absolute atomic E-state index is 11.8. The molecule has 0 heterocycles. The molecule has 4 fully saturated rings. The molecule has 0 unspecified atom stereocenters. The van der Waals surface area contributed by atoms with E-state index in [1.165, 1.54) is 31.2 Å². The third-order valence-corrected chi connectivity index (χ3v) is 6.94. The molecule has 5 rings (SSSR count). The molecule has 6 atom stereocenters. The molecule has 0 saturated heterocycles. The van der Waals surface area contributed by atoms with Crippen molar-refractivity contribution in [3.63, 3.8) is 0 Å². The van der Waals surface area contributed by atoms with Crippen molar-refractivity contribution in [1.82, 2.24) is 0 Å². The molecule has 21 heavy (non-hydrogen) atoms. The van der Waals surface area contributed by atoms with E-state index >= 15 is 0 Å². The van der Waals surface area contributed by atoms with Crippen molar-refractivity contribution < 1.29 is 5.11 Å². The summed E-state index contributed by atoms with van der Waals surface area (Å²) in [5, 5.41) is 11.8. The van der Waals surface area contributed by atoms with Crippen LogP contribution in [0.25, 0.3) is 0 Å². The minimum absolute atomic E-state index is 0.0252. The molecule has 4 bridgehead atoms. The van der Waals surface area contributed by atoms with E-state index in [4.69, 9.17) is 0 Å². The third-order valence-electron chi connectivity index (χ3n) is 6.94. The van der Waals surface area contributed by atoms with Crippen LogP contribution in [0.15, 0.2) is 30.3 Å². The van der Waals surface area contributed by atoms with E-state index in [0.717, 1.165) is 11.8 Å². The lowest BCUT2D eigenvalue weighted by Gasteiger charge is -2.66. The van der Waals surface area contributed by atoms with Crippen molar-refractivity contribution in [2.75, 3.05) is 0 Å². The van der Waals surface area contributed by atoms with Crippen molar-refractivity contribution in [2.24, 2.45) is 29.1 Å². The van der Waals surface area contributed by atoms with Gasteiger partial charge >= 0.3 is 0 Å². The number of benzene rings is 1. The summed E-state index contributed by atoms with van der Waals surface area (Å²) in [5.74, 6) is 3.23. The smallest absolute Gasteiger partial charge is 0.0757 e. The zero-order valence-corrected chi connectivity index (χ0v) is 13.5. The second kappa shape index (κ2) is 4.35. The predicted octanol–water partition coefficient (Wildman–Crippen LogP) is 4.61. The lowest BCUT2D eigenvalue weighted by Crippen LogP contribution is -2.65. The molecule has 4 aliphatic carbocycles. The second-order valence-electron chi connectivity index (χ2n) is 8.88. The lowest BCUT2D eigenvalue weighted by atomic mass is 9.41. The van der Waals surface area contributed by atoms with Crippen LogP contribution in [0.5, 0.6) is 0 Å². The SMILES string of the molecule is CC(C)(C)[C@@]1(O)[C@H]2C[C@@H]3C[C@H](C2)[C@@H](c2ccccc2)[C@H]1C3. The molecule has 4 saturated carbocycles. The highest BCUT2D eigenvalue weighted by Gasteiger charge is 2.64. The molecule has 0 amide bonds. The molecule has 0 spiro atoms. The Kier molecular flexibility index (Phi) is 2.86. The van der Waals surface area contributed by atoms with Crippen LogP contribution in [0.4, 0.5) is 0 Å². The van der Waals surface area contributed by atoms with E-state index in [1.54, 1.807) is 0 Å². The van der Waals surface area contributed by atoms with Gasteiger partial charge in [-0.2, -0.15) is 0 Å². The average Bonchev–Trinajstić information content (AvgIpc) is 2.43. The fourth-order valence-electron chi connectivity index (χ4n) is 6.27. The van der Waals surface area contributed by atoms with Crippen molar-refractivity contribution in [3.05, 3.63) is 35.9 Å². The van der Waals surface area contributed by atoms with Gasteiger partial charge in [0.2, 0.25) is 0 Å². The van der Waals surface area contributed by atoms with E-state index in [9.17, 15) is 5.11 Å². The molecule has 0 radical (unpaired) electrons. The van der Waals surface area contributed by atoms with Gasteiger partial charge in [-0.1, -0.05) is 51.1 Å². The fourth-order valence-corrected chi connectivity index (χ4v) is 6.27. The van der Waals surface area contributed by atoms with E-state index in [2.05, 4.69) is 51.1 Å². The zero-order chi connectivity index (χ0) is 14.8. The Hall–Kier alpha value is -0.820. The first-order valence-electron chi connectivity index (χ1n) is 8.68. The number of aliphatic hydroxyl groups is 1. The number of hydrogen-bond donors (Lipinski definition) is 1. The number of hydrogen-bond acceptors (Lipinski definition) is 1. The summed E-state index contributed by atoms with van der Waals surface area (Å²) in [4.78, 5) is 0. The van der Waals surface area contributed by atoms with Crippen LogP contribution in [-0.4, -0.2) is 10.7 Å². The largest absolute Gasteiger partial charge is 0.389 e. The topological polar surface area (TPSA) is 20.2 Å². The molecule has 0 aromatic heterocycles. The van der Waals surface area contributed by atoms with E-state index in [0.29, 0.717) is 17.8 Å². The van der Waals surface area contributed by atoms with Gasteiger partial charge in [0, 0.05) is 0 Å². The molecule has 114 valence electrons. The molecule has 1 nitrogen and oxygen atoms in total. The van der Waals surface area contributed by atoms with E-state index < -0.39 is 5.60 Å². The molecular weight excluding hydrogens is 256 g/mol. The molecular formula is C20H28O. The minimum atomic E-state index is -0.485. The highest BCUT2D eigenvalue weighted by Crippen LogP contribution is 2.67. The molecule has 1 heteroatoms. The maximum atomic E-state index is 11.8. The van der Waals surface area contributed by atoms with Gasteiger partial charge in [-0.25, -0.2) is 0 Å². The Labute approximate surface area is 128 Å². The van der Waals surface area contributed by atoms with E-state index in [-0.39, 0.29) is 5.41 Å². The van der Waals surface area contributed by atoms with Crippen molar-refractivity contribution >= 4 is 0 Å². The van der Waals surface area contributed by atoms with Gasteiger partial charge in [0.25, 0.3) is 0 Å². The van der Waals surface area contributed by atoms with Gasteiger partial charge in [-0.15, -0.1) is 0 Å². The normalized spacial score (nSPS) is 45.0. The minimum Gasteiger partial charge on any atom is -0.389 e. The second-order valence-corrected chi connectivity index (χ2v) is 8.88. The summed E-state index contributed by atoms with van der Waals surface area (Å²) in [5.41, 5.74) is 0.956. The first-order chi connectivity index (χ1) is 9.91. The van der Waals surface area contributed by atoms with Crippen LogP contribution < -0.4 is 0 Å². The van der Waals surface area contributed by atoms with Crippen LogP contribution in [0.2, 0.25) is 0 Å². The van der Waals surface area contributed by atoms with Crippen molar-refractivity contribution in [3.8, 4) is 0 Å². The monoisotopic (exact) mass is 284 g/mol. The Morgan fingerprint density at radius 2 is 1.71 bits per heavy atom. The standard InChI is InChI=1S/C20H28O/c1-19(2,3)20(21)16-10-13-9-15(12-16)18(17(20)11-13)14-7-5-4-6-8-14/h4-8,13,15-18,21H,9-12H2,1-3H3/t13-,15+,16-,17+,18+,20+/m0/s1. The average molecular weight is 284 g/mol. The van der Waals surface area contributed by atoms with Crippen LogP contribution in [0.3, 0.4) is 0 Å². The zero-order valence-electron chi connectivity index (χ0n) is 13.5. The van der Waals surface area contributed by atoms with Gasteiger partial charge in [0.1, 0.15) is 0 Å². The maximum Gasteiger partial charge on any atom is 0.0757 e. The van der Waals surface area contributed by atoms with E-state index in [1.807, 2.05) is 0 Å². The predicted molar refractivity (Wildman–Crippen MR) is 86.0 cm³/mol. The van der Waals surface area contributed by atoms with Gasteiger partial charge in [-0.05, 0) is 66.3 Å². The highest BCUT2D eigenvalue weighted by atomic mass is 16.3. The first kappa shape index (κ1) is 13.8. The Morgan fingerprint density at radius 3 is 2.38 bits per heavy atom. The van der Waals surface area contributed by atoms with Gasteiger partial charge in [-0.3, -0.25) is 0 Å². The molecule has 1 aromatic carbocycles. The summed E-state index contributed by atoms with van der Waals surface area (Å²) < 4.78 is 0. The van der Waals surface area contributed by atoms with Gasteiger partial charge < -0.3 is 5.11 Å². The number of rotatable bonds is 1. The van der Waals surface area contributed by atoms with Gasteiger partial charge in [0.15, 0.2) is 0 Å². The summed E-state index contributed by atoms with van der Waals surface area (Å²) >= 11 is 0. The lowest BCUT2D eigenvalue weighted by molar-refractivity contribution is -0.232. The van der Waals surface area contributed by atoms with Crippen LogP contribution in [0, 0.1) is 29.1 Å². The van der Waals surface area contributed by atoms with Crippen molar-refractivity contribution in [2.45, 2.75) is 58.0 Å². The summed E-state index contributed by atoms with van der Waals surface area (Å²) in [6.45, 7) is 6.74. The van der Waals surface area contributed by atoms with Crippen LogP contribution >= 0.6 is 0 Å². The van der Waals surface area contributed by atoms with Crippen molar-refractivity contribution in [1.29, 1.82) is 0 Å². The summed E-state index contributed by atoms with van der Waals surface area (Å²) in [7, 11) is 0. The Balaban J connectivity index is 1.80. The molecule has 4 aliphatic rings. The third kappa shape index (κ3) is 1.79. The molecule has 1 aromatic rings. The quantitative estimate of drug-likeness (QED) is 0.798. The Morgan fingerprint density at radius 1 is 1.00 bits per heavy atom. The summed E-state index contributed by atoms with van der Waals surface area (Å²) in [6, 6.07) is 11.0. The Bertz CT molecular complexity index is 529. The van der Waals surface area contributed by atoms with Gasteiger partial charge in [0.05, 0.1) is 5.60 Å². The first-order valence-corrected chi connectivity index (χ1v) is 8.68.